The normalized spacial score (nSPS) is 10.5. The Kier molecular flexibility index (Phi) is 8.84. The number of unbranched alkanes of at least 4 members (excludes halogenated alkanes) is 3. The zero-order chi connectivity index (χ0) is 11.5. The van der Waals surface area contributed by atoms with Gasteiger partial charge in [0, 0.05) is 6.92 Å². The number of carbonyl (C=O) groups excluding carboxylic acids is 1. The van der Waals surface area contributed by atoms with Crippen LogP contribution in [0.2, 0.25) is 0 Å². The van der Waals surface area contributed by atoms with Crippen molar-refractivity contribution < 1.29 is 9.53 Å². The molecule has 0 aliphatic carbocycles. The second kappa shape index (κ2) is 9.50. The van der Waals surface area contributed by atoms with Gasteiger partial charge >= 0.3 is 5.97 Å². The van der Waals surface area contributed by atoms with Crippen molar-refractivity contribution in [3.05, 3.63) is 24.3 Å². The molecule has 0 aliphatic rings. The van der Waals surface area contributed by atoms with Gasteiger partial charge in [-0.1, -0.05) is 44.4 Å². The molecule has 0 amide bonds. The topological polar surface area (TPSA) is 26.3 Å². The smallest absolute Gasteiger partial charge is 0.302 e. The maximum absolute atomic E-state index is 10.5. The Balaban J connectivity index is 3.43. The highest BCUT2D eigenvalue weighted by Crippen LogP contribution is 2.09. The minimum atomic E-state index is -0.242. The van der Waals surface area contributed by atoms with Crippen LogP contribution in [0.15, 0.2) is 24.3 Å². The van der Waals surface area contributed by atoms with Crippen molar-refractivity contribution in [3.63, 3.8) is 0 Å². The molecule has 0 unspecified atom stereocenters. The largest absolute Gasteiger partial charge is 0.462 e. The fourth-order valence-electron chi connectivity index (χ4n) is 1.24. The van der Waals surface area contributed by atoms with Crippen LogP contribution in [0.5, 0.6) is 0 Å². The van der Waals surface area contributed by atoms with Gasteiger partial charge in [-0.2, -0.15) is 0 Å². The van der Waals surface area contributed by atoms with E-state index in [-0.39, 0.29) is 5.97 Å². The zero-order valence-electron chi connectivity index (χ0n) is 9.92. The van der Waals surface area contributed by atoms with Crippen molar-refractivity contribution in [2.75, 3.05) is 6.61 Å². The second-order valence-corrected chi connectivity index (χ2v) is 3.67. The van der Waals surface area contributed by atoms with E-state index in [4.69, 9.17) is 4.74 Å². The van der Waals surface area contributed by atoms with Crippen LogP contribution >= 0.6 is 0 Å². The summed E-state index contributed by atoms with van der Waals surface area (Å²) in [7, 11) is 0. The lowest BCUT2D eigenvalue weighted by Gasteiger charge is -2.00. The molecule has 86 valence electrons. The molecule has 2 nitrogen and oxygen atoms in total. The van der Waals surface area contributed by atoms with Crippen molar-refractivity contribution in [2.24, 2.45) is 0 Å². The summed E-state index contributed by atoms with van der Waals surface area (Å²) >= 11 is 0. The lowest BCUT2D eigenvalue weighted by Crippen LogP contribution is -1.97. The SMILES string of the molecule is C=C(/C=C/COC(C)=O)CCCCCC. The van der Waals surface area contributed by atoms with E-state index in [9.17, 15) is 4.79 Å². The predicted molar refractivity (Wildman–Crippen MR) is 63.7 cm³/mol. The molecule has 0 radical (unpaired) electrons. The quantitative estimate of drug-likeness (QED) is 0.347. The summed E-state index contributed by atoms with van der Waals surface area (Å²) in [5.74, 6) is -0.242. The molecule has 0 aromatic heterocycles. The van der Waals surface area contributed by atoms with Crippen LogP contribution in [0.3, 0.4) is 0 Å². The van der Waals surface area contributed by atoms with E-state index in [2.05, 4.69) is 13.5 Å². The number of ether oxygens (including phenoxy) is 1. The molecule has 0 bridgehead atoms. The van der Waals surface area contributed by atoms with Crippen LogP contribution < -0.4 is 0 Å². The predicted octanol–water partition coefficient (Wildman–Crippen LogP) is 3.63. The molecule has 0 saturated heterocycles. The van der Waals surface area contributed by atoms with E-state index >= 15 is 0 Å². The maximum atomic E-state index is 10.5. The Morgan fingerprint density at radius 2 is 2.07 bits per heavy atom. The summed E-state index contributed by atoms with van der Waals surface area (Å²) in [5, 5.41) is 0. The van der Waals surface area contributed by atoms with Crippen LogP contribution in [0.4, 0.5) is 0 Å². The Morgan fingerprint density at radius 1 is 1.33 bits per heavy atom. The van der Waals surface area contributed by atoms with Crippen molar-refractivity contribution in [2.45, 2.75) is 46.0 Å². The molecule has 0 rings (SSSR count). The van der Waals surface area contributed by atoms with E-state index in [0.29, 0.717) is 6.61 Å². The molecule has 0 aromatic carbocycles. The van der Waals surface area contributed by atoms with Gasteiger partial charge < -0.3 is 4.74 Å². The van der Waals surface area contributed by atoms with Crippen LogP contribution in [-0.4, -0.2) is 12.6 Å². The molecular weight excluding hydrogens is 188 g/mol. The molecule has 0 saturated carbocycles. The summed E-state index contributed by atoms with van der Waals surface area (Å²) < 4.78 is 4.77. The third-order valence-electron chi connectivity index (χ3n) is 2.09. The average molecular weight is 210 g/mol. The molecule has 0 heterocycles. The maximum Gasteiger partial charge on any atom is 0.302 e. The highest BCUT2D eigenvalue weighted by molar-refractivity contribution is 5.66. The summed E-state index contributed by atoms with van der Waals surface area (Å²) in [6, 6.07) is 0. The van der Waals surface area contributed by atoms with Gasteiger partial charge in [0.15, 0.2) is 0 Å². The Labute approximate surface area is 93.0 Å². The Hall–Kier alpha value is -1.05. The summed E-state index contributed by atoms with van der Waals surface area (Å²) in [6.45, 7) is 7.90. The van der Waals surface area contributed by atoms with E-state index in [1.54, 1.807) is 0 Å². The number of rotatable bonds is 8. The third-order valence-corrected chi connectivity index (χ3v) is 2.09. The third kappa shape index (κ3) is 10.9. The lowest BCUT2D eigenvalue weighted by molar-refractivity contribution is -0.139. The van der Waals surface area contributed by atoms with Gasteiger partial charge in [-0.25, -0.2) is 0 Å². The number of esters is 1. The van der Waals surface area contributed by atoms with Crippen molar-refractivity contribution in [1.29, 1.82) is 0 Å². The Morgan fingerprint density at radius 3 is 2.67 bits per heavy atom. The molecule has 0 fully saturated rings. The lowest BCUT2D eigenvalue weighted by atomic mass is 10.1. The first-order valence-electron chi connectivity index (χ1n) is 5.64. The summed E-state index contributed by atoms with van der Waals surface area (Å²) in [6.07, 6.45) is 9.84. The van der Waals surface area contributed by atoms with Crippen molar-refractivity contribution >= 4 is 5.97 Å². The van der Waals surface area contributed by atoms with Gasteiger partial charge in [-0.05, 0) is 18.9 Å². The molecule has 0 N–H and O–H groups in total. The van der Waals surface area contributed by atoms with Crippen molar-refractivity contribution in [1.82, 2.24) is 0 Å². The van der Waals surface area contributed by atoms with E-state index in [1.807, 2.05) is 12.2 Å². The number of carbonyl (C=O) groups is 1. The van der Waals surface area contributed by atoms with Crippen LogP contribution in [0.25, 0.3) is 0 Å². The van der Waals surface area contributed by atoms with Gasteiger partial charge in [-0.15, -0.1) is 0 Å². The molecule has 2 heteroatoms. The highest BCUT2D eigenvalue weighted by Gasteiger charge is 1.91. The minimum absolute atomic E-state index is 0.242. The molecule has 15 heavy (non-hydrogen) atoms. The second-order valence-electron chi connectivity index (χ2n) is 3.67. The number of hydrogen-bond donors (Lipinski definition) is 0. The van der Waals surface area contributed by atoms with Gasteiger partial charge in [0.2, 0.25) is 0 Å². The van der Waals surface area contributed by atoms with E-state index in [0.717, 1.165) is 12.0 Å². The summed E-state index contributed by atoms with van der Waals surface area (Å²) in [4.78, 5) is 10.5. The van der Waals surface area contributed by atoms with Crippen LogP contribution in [-0.2, 0) is 9.53 Å². The first-order chi connectivity index (χ1) is 7.16. The van der Waals surface area contributed by atoms with Crippen molar-refractivity contribution in [3.8, 4) is 0 Å². The molecule has 0 atom stereocenters. The van der Waals surface area contributed by atoms with E-state index in [1.165, 1.54) is 32.6 Å². The van der Waals surface area contributed by atoms with Gasteiger partial charge in [0.25, 0.3) is 0 Å². The Bertz CT molecular complexity index is 217. The first-order valence-corrected chi connectivity index (χ1v) is 5.64. The zero-order valence-corrected chi connectivity index (χ0v) is 9.92. The first kappa shape index (κ1) is 13.9. The molecule has 0 aromatic rings. The molecule has 0 spiro atoms. The van der Waals surface area contributed by atoms with Crippen LogP contribution in [0.1, 0.15) is 46.0 Å². The van der Waals surface area contributed by atoms with E-state index < -0.39 is 0 Å². The fourth-order valence-corrected chi connectivity index (χ4v) is 1.24. The molecule has 0 aliphatic heterocycles. The number of allylic oxidation sites excluding steroid dienone is 2. The summed E-state index contributed by atoms with van der Waals surface area (Å²) in [5.41, 5.74) is 1.11. The van der Waals surface area contributed by atoms with Gasteiger partial charge in [-0.3, -0.25) is 4.79 Å². The van der Waals surface area contributed by atoms with Gasteiger partial charge in [0.05, 0.1) is 0 Å². The standard InChI is InChI=1S/C13H22O2/c1-4-5-6-7-9-12(2)10-8-11-15-13(3)14/h8,10H,2,4-7,9,11H2,1,3H3/b10-8+. The molecular formula is C13H22O2. The van der Waals surface area contributed by atoms with Gasteiger partial charge in [0.1, 0.15) is 6.61 Å². The average Bonchev–Trinajstić information content (AvgIpc) is 2.19. The fraction of sp³-hybridized carbons (Fsp3) is 0.615. The highest BCUT2D eigenvalue weighted by atomic mass is 16.5. The minimum Gasteiger partial charge on any atom is -0.462 e. The number of hydrogen-bond acceptors (Lipinski definition) is 2. The monoisotopic (exact) mass is 210 g/mol. The van der Waals surface area contributed by atoms with Crippen LogP contribution in [0, 0.1) is 0 Å².